The molecule has 0 unspecified atom stereocenters. The van der Waals surface area contributed by atoms with Crippen molar-refractivity contribution in [1.82, 2.24) is 5.32 Å². The van der Waals surface area contributed by atoms with Crippen LogP contribution in [0.25, 0.3) is 10.1 Å². The van der Waals surface area contributed by atoms with E-state index in [0.717, 1.165) is 26.1 Å². The van der Waals surface area contributed by atoms with Gasteiger partial charge in [0, 0.05) is 24.5 Å². The van der Waals surface area contributed by atoms with Gasteiger partial charge in [-0.05, 0) is 30.9 Å². The average molecular weight is 308 g/mol. The van der Waals surface area contributed by atoms with Crippen molar-refractivity contribution in [3.8, 4) is 0 Å². The maximum absolute atomic E-state index is 13.8. The number of fused-ring (bicyclic) bond motifs is 1. The molecular formula is C15H17FN2O2S. The van der Waals surface area contributed by atoms with Crippen LogP contribution in [0.2, 0.25) is 0 Å². The van der Waals surface area contributed by atoms with E-state index in [9.17, 15) is 9.18 Å². The molecule has 3 rings (SSSR count). The molecule has 6 heteroatoms. The summed E-state index contributed by atoms with van der Waals surface area (Å²) in [5, 5.41) is 3.25. The Balaban J connectivity index is 1.75. The zero-order chi connectivity index (χ0) is 14.8. The van der Waals surface area contributed by atoms with Gasteiger partial charge in [-0.1, -0.05) is 6.07 Å². The minimum atomic E-state index is -0.385. The molecule has 1 fully saturated rings. The Labute approximate surface area is 126 Å². The van der Waals surface area contributed by atoms with Crippen molar-refractivity contribution in [2.24, 2.45) is 5.92 Å². The van der Waals surface area contributed by atoms with E-state index in [-0.39, 0.29) is 17.4 Å². The summed E-state index contributed by atoms with van der Waals surface area (Å²) in [4.78, 5) is 12.6. The summed E-state index contributed by atoms with van der Waals surface area (Å²) in [5.74, 6) is -0.167. The third kappa shape index (κ3) is 2.87. The predicted molar refractivity (Wildman–Crippen MR) is 82.1 cm³/mol. The second-order valence-electron chi connectivity index (χ2n) is 5.22. The minimum absolute atomic E-state index is 0.223. The maximum atomic E-state index is 13.8. The number of nitrogens with one attached hydrogen (secondary N) is 1. The van der Waals surface area contributed by atoms with Gasteiger partial charge in [-0.15, -0.1) is 11.3 Å². The van der Waals surface area contributed by atoms with E-state index in [2.05, 4.69) is 5.32 Å². The number of hydrogen-bond acceptors (Lipinski definition) is 4. The number of nitrogen functional groups attached to an aromatic ring is 1. The Morgan fingerprint density at radius 3 is 2.90 bits per heavy atom. The number of benzene rings is 1. The van der Waals surface area contributed by atoms with Crippen molar-refractivity contribution in [2.75, 3.05) is 25.5 Å². The molecule has 1 saturated heterocycles. The minimum Gasteiger partial charge on any atom is -0.397 e. The number of nitrogens with two attached hydrogens (primary N) is 1. The van der Waals surface area contributed by atoms with Crippen LogP contribution in [0.4, 0.5) is 10.1 Å². The lowest BCUT2D eigenvalue weighted by Crippen LogP contribution is -2.32. The number of thiophene rings is 1. The number of halogens is 1. The van der Waals surface area contributed by atoms with Crippen LogP contribution >= 0.6 is 11.3 Å². The number of carbonyl (C=O) groups is 1. The molecule has 0 aliphatic carbocycles. The van der Waals surface area contributed by atoms with Crippen LogP contribution < -0.4 is 11.1 Å². The molecule has 3 N–H and O–H groups in total. The number of hydrogen-bond donors (Lipinski definition) is 2. The van der Waals surface area contributed by atoms with Crippen molar-refractivity contribution < 1.29 is 13.9 Å². The van der Waals surface area contributed by atoms with E-state index >= 15 is 0 Å². The molecule has 1 aliphatic heterocycles. The van der Waals surface area contributed by atoms with Crippen molar-refractivity contribution in [3.63, 3.8) is 0 Å². The summed E-state index contributed by atoms with van der Waals surface area (Å²) in [6.07, 6.45) is 1.91. The van der Waals surface area contributed by atoms with Crippen molar-refractivity contribution >= 4 is 33.0 Å². The maximum Gasteiger partial charge on any atom is 0.263 e. The summed E-state index contributed by atoms with van der Waals surface area (Å²) in [6, 6.07) is 4.75. The van der Waals surface area contributed by atoms with Gasteiger partial charge >= 0.3 is 0 Å². The van der Waals surface area contributed by atoms with E-state index in [0.29, 0.717) is 27.4 Å². The van der Waals surface area contributed by atoms with E-state index in [1.54, 1.807) is 12.1 Å². The fourth-order valence-electron chi connectivity index (χ4n) is 2.57. The van der Waals surface area contributed by atoms with E-state index in [1.807, 2.05) is 0 Å². The molecule has 1 aromatic carbocycles. The molecular weight excluding hydrogens is 291 g/mol. The monoisotopic (exact) mass is 308 g/mol. The molecule has 0 spiro atoms. The van der Waals surface area contributed by atoms with Crippen molar-refractivity contribution in [3.05, 3.63) is 28.9 Å². The highest BCUT2D eigenvalue weighted by Gasteiger charge is 2.20. The van der Waals surface area contributed by atoms with Crippen LogP contribution in [0.15, 0.2) is 18.2 Å². The molecule has 1 aromatic heterocycles. The first-order valence-corrected chi connectivity index (χ1v) is 7.81. The summed E-state index contributed by atoms with van der Waals surface area (Å²) in [5.41, 5.74) is 6.17. The lowest BCUT2D eigenvalue weighted by Gasteiger charge is -2.22. The SMILES string of the molecule is Nc1c(C(=O)NCC2CCOCC2)sc2cccc(F)c12. The van der Waals surface area contributed by atoms with E-state index in [4.69, 9.17) is 10.5 Å². The van der Waals surface area contributed by atoms with Gasteiger partial charge < -0.3 is 15.8 Å². The Hall–Kier alpha value is -1.66. The molecule has 2 aromatic rings. The van der Waals surface area contributed by atoms with Gasteiger partial charge in [0.05, 0.1) is 11.1 Å². The third-order valence-corrected chi connectivity index (χ3v) is 4.97. The van der Waals surface area contributed by atoms with E-state index in [1.165, 1.54) is 17.4 Å². The van der Waals surface area contributed by atoms with Gasteiger partial charge in [0.2, 0.25) is 0 Å². The number of anilines is 1. The van der Waals surface area contributed by atoms with Gasteiger partial charge in [0.15, 0.2) is 0 Å². The molecule has 2 heterocycles. The Morgan fingerprint density at radius 2 is 2.19 bits per heavy atom. The molecule has 4 nitrogen and oxygen atoms in total. The standard InChI is InChI=1S/C15H17FN2O2S/c16-10-2-1-3-11-12(10)13(17)14(21-11)15(19)18-8-9-4-6-20-7-5-9/h1-3,9H,4-8,17H2,(H,18,19). The largest absolute Gasteiger partial charge is 0.397 e. The van der Waals surface area contributed by atoms with E-state index < -0.39 is 0 Å². The Kier molecular flexibility index (Phi) is 4.07. The fraction of sp³-hybridized carbons (Fsp3) is 0.400. The number of rotatable bonds is 3. The summed E-state index contributed by atoms with van der Waals surface area (Å²) >= 11 is 1.23. The lowest BCUT2D eigenvalue weighted by atomic mass is 10.0. The highest BCUT2D eigenvalue weighted by atomic mass is 32.1. The second kappa shape index (κ2) is 5.99. The summed E-state index contributed by atoms with van der Waals surface area (Å²) < 4.78 is 19.8. The van der Waals surface area contributed by atoms with Gasteiger partial charge in [-0.25, -0.2) is 4.39 Å². The second-order valence-corrected chi connectivity index (χ2v) is 6.28. The van der Waals surface area contributed by atoms with Gasteiger partial charge in [0.25, 0.3) is 5.91 Å². The number of amides is 1. The Bertz CT molecular complexity index is 665. The quantitative estimate of drug-likeness (QED) is 0.916. The molecule has 0 radical (unpaired) electrons. The van der Waals surface area contributed by atoms with Gasteiger partial charge in [-0.3, -0.25) is 4.79 Å². The lowest BCUT2D eigenvalue weighted by molar-refractivity contribution is 0.0643. The first-order chi connectivity index (χ1) is 10.2. The van der Waals surface area contributed by atoms with Crippen molar-refractivity contribution in [2.45, 2.75) is 12.8 Å². The van der Waals surface area contributed by atoms with Crippen molar-refractivity contribution in [1.29, 1.82) is 0 Å². The zero-order valence-corrected chi connectivity index (χ0v) is 12.3. The summed E-state index contributed by atoms with van der Waals surface area (Å²) in [6.45, 7) is 2.10. The normalized spacial score (nSPS) is 16.2. The van der Waals surface area contributed by atoms with Crippen LogP contribution in [-0.4, -0.2) is 25.7 Å². The smallest absolute Gasteiger partial charge is 0.263 e. The zero-order valence-electron chi connectivity index (χ0n) is 11.5. The first kappa shape index (κ1) is 14.3. The van der Waals surface area contributed by atoms with Gasteiger partial charge in [0.1, 0.15) is 10.7 Å². The molecule has 0 saturated carbocycles. The summed E-state index contributed by atoms with van der Waals surface area (Å²) in [7, 11) is 0. The van der Waals surface area contributed by atoms with Crippen LogP contribution in [0, 0.1) is 11.7 Å². The molecule has 1 aliphatic rings. The molecule has 0 atom stereocenters. The third-order valence-electron chi connectivity index (χ3n) is 3.80. The van der Waals surface area contributed by atoms with Crippen LogP contribution in [-0.2, 0) is 4.74 Å². The topological polar surface area (TPSA) is 64.4 Å². The predicted octanol–water partition coefficient (Wildman–Crippen LogP) is 2.78. The highest BCUT2D eigenvalue weighted by molar-refractivity contribution is 7.21. The fourth-order valence-corrected chi connectivity index (χ4v) is 3.62. The Morgan fingerprint density at radius 1 is 1.43 bits per heavy atom. The van der Waals surface area contributed by atoms with Crippen LogP contribution in [0.5, 0.6) is 0 Å². The number of ether oxygens (including phenoxy) is 1. The average Bonchev–Trinajstić information content (AvgIpc) is 2.84. The van der Waals surface area contributed by atoms with Gasteiger partial charge in [-0.2, -0.15) is 0 Å². The highest BCUT2D eigenvalue weighted by Crippen LogP contribution is 2.35. The van der Waals surface area contributed by atoms with Crippen LogP contribution in [0.3, 0.4) is 0 Å². The molecule has 21 heavy (non-hydrogen) atoms. The molecule has 1 amide bonds. The molecule has 0 bridgehead atoms. The first-order valence-electron chi connectivity index (χ1n) is 6.99. The number of carbonyl (C=O) groups excluding carboxylic acids is 1. The molecule has 112 valence electrons. The van der Waals surface area contributed by atoms with Crippen LogP contribution in [0.1, 0.15) is 22.5 Å².